The summed E-state index contributed by atoms with van der Waals surface area (Å²) in [5, 5.41) is 12.1. The van der Waals surface area contributed by atoms with Gasteiger partial charge in [-0.25, -0.2) is 4.98 Å². The SMILES string of the molecule is CC[C@@H](C)NC(=O)CN(C)c1nn2c(NC(C)(C)C)c(-c3cccc(C)c3)nc2s1. The third-order valence-electron chi connectivity index (χ3n) is 4.70. The van der Waals surface area contributed by atoms with Crippen LogP contribution in [0.4, 0.5) is 10.9 Å². The number of imidazole rings is 1. The molecule has 3 rings (SSSR count). The summed E-state index contributed by atoms with van der Waals surface area (Å²) in [6, 6.07) is 8.49. The smallest absolute Gasteiger partial charge is 0.239 e. The van der Waals surface area contributed by atoms with Crippen molar-refractivity contribution in [3.05, 3.63) is 29.8 Å². The number of carbonyl (C=O) groups excluding carboxylic acids is 1. The number of benzene rings is 1. The van der Waals surface area contributed by atoms with Gasteiger partial charge >= 0.3 is 0 Å². The lowest BCUT2D eigenvalue weighted by Crippen LogP contribution is -2.39. The zero-order valence-electron chi connectivity index (χ0n) is 18.9. The highest BCUT2D eigenvalue weighted by molar-refractivity contribution is 7.20. The second kappa shape index (κ2) is 8.63. The van der Waals surface area contributed by atoms with Crippen molar-refractivity contribution in [1.82, 2.24) is 19.9 Å². The molecule has 0 spiro atoms. The van der Waals surface area contributed by atoms with E-state index >= 15 is 0 Å². The molecule has 1 aromatic carbocycles. The van der Waals surface area contributed by atoms with Gasteiger partial charge in [-0.1, -0.05) is 42.0 Å². The zero-order valence-corrected chi connectivity index (χ0v) is 19.7. The van der Waals surface area contributed by atoms with E-state index < -0.39 is 0 Å². The summed E-state index contributed by atoms with van der Waals surface area (Å²) in [5.74, 6) is 0.858. The number of nitrogens with one attached hydrogen (secondary N) is 2. The number of aryl methyl sites for hydroxylation is 1. The Morgan fingerprint density at radius 2 is 2.07 bits per heavy atom. The number of rotatable bonds is 7. The second-order valence-electron chi connectivity index (χ2n) is 8.87. The van der Waals surface area contributed by atoms with Gasteiger partial charge in [0.15, 0.2) is 5.82 Å². The first-order valence-corrected chi connectivity index (χ1v) is 11.1. The molecular formula is C22H32N6OS. The monoisotopic (exact) mass is 428 g/mol. The molecule has 162 valence electrons. The zero-order chi connectivity index (χ0) is 22.1. The van der Waals surface area contributed by atoms with Gasteiger partial charge in [-0.3, -0.25) is 4.79 Å². The molecule has 0 fully saturated rings. The average Bonchev–Trinajstić information content (AvgIpc) is 3.20. The van der Waals surface area contributed by atoms with Crippen LogP contribution in [-0.4, -0.2) is 45.7 Å². The minimum absolute atomic E-state index is 0.00631. The average molecular weight is 429 g/mol. The largest absolute Gasteiger partial charge is 0.364 e. The van der Waals surface area contributed by atoms with Crippen molar-refractivity contribution in [2.75, 3.05) is 23.8 Å². The number of aromatic nitrogens is 3. The highest BCUT2D eigenvalue weighted by Crippen LogP contribution is 2.34. The van der Waals surface area contributed by atoms with Gasteiger partial charge in [-0.15, -0.1) is 5.10 Å². The summed E-state index contributed by atoms with van der Waals surface area (Å²) in [6.07, 6.45) is 0.907. The summed E-state index contributed by atoms with van der Waals surface area (Å²) in [5.41, 5.74) is 2.98. The van der Waals surface area contributed by atoms with Crippen molar-refractivity contribution in [1.29, 1.82) is 0 Å². The molecule has 30 heavy (non-hydrogen) atoms. The number of hydrogen-bond acceptors (Lipinski definition) is 6. The summed E-state index contributed by atoms with van der Waals surface area (Å²) in [7, 11) is 1.88. The van der Waals surface area contributed by atoms with Gasteiger partial charge in [0, 0.05) is 24.2 Å². The van der Waals surface area contributed by atoms with Crippen molar-refractivity contribution in [2.24, 2.45) is 0 Å². The van der Waals surface area contributed by atoms with Crippen LogP contribution >= 0.6 is 11.3 Å². The molecule has 0 aliphatic rings. The number of anilines is 2. The van der Waals surface area contributed by atoms with Crippen molar-refractivity contribution < 1.29 is 4.79 Å². The van der Waals surface area contributed by atoms with Crippen LogP contribution in [0.3, 0.4) is 0 Å². The Labute approximate surface area is 182 Å². The topological polar surface area (TPSA) is 74.6 Å². The van der Waals surface area contributed by atoms with Crippen LogP contribution in [0.5, 0.6) is 0 Å². The lowest BCUT2D eigenvalue weighted by molar-refractivity contribution is -0.120. The summed E-state index contributed by atoms with van der Waals surface area (Å²) >= 11 is 1.48. The summed E-state index contributed by atoms with van der Waals surface area (Å²) in [6.45, 7) is 12.7. The van der Waals surface area contributed by atoms with Crippen LogP contribution in [0.1, 0.15) is 46.6 Å². The Morgan fingerprint density at radius 3 is 2.70 bits per heavy atom. The molecule has 0 bridgehead atoms. The minimum Gasteiger partial charge on any atom is -0.364 e. The molecule has 2 N–H and O–H groups in total. The molecule has 2 heterocycles. The molecule has 0 saturated heterocycles. The fourth-order valence-corrected chi connectivity index (χ4v) is 3.92. The van der Waals surface area contributed by atoms with E-state index in [1.54, 1.807) is 0 Å². The van der Waals surface area contributed by atoms with Crippen LogP contribution in [0, 0.1) is 6.92 Å². The van der Waals surface area contributed by atoms with Gasteiger partial charge in [0.1, 0.15) is 5.69 Å². The highest BCUT2D eigenvalue weighted by atomic mass is 32.1. The third kappa shape index (κ3) is 5.11. The predicted molar refractivity (Wildman–Crippen MR) is 126 cm³/mol. The summed E-state index contributed by atoms with van der Waals surface area (Å²) < 4.78 is 1.85. The number of hydrogen-bond donors (Lipinski definition) is 2. The van der Waals surface area contributed by atoms with Crippen molar-refractivity contribution in [3.8, 4) is 11.3 Å². The van der Waals surface area contributed by atoms with Crippen LogP contribution in [0.2, 0.25) is 0 Å². The lowest BCUT2D eigenvalue weighted by Gasteiger charge is -2.22. The highest BCUT2D eigenvalue weighted by Gasteiger charge is 2.23. The molecule has 2 aromatic heterocycles. The van der Waals surface area contributed by atoms with Crippen LogP contribution in [-0.2, 0) is 4.79 Å². The van der Waals surface area contributed by atoms with E-state index in [0.717, 1.165) is 33.6 Å². The van der Waals surface area contributed by atoms with Gasteiger partial charge in [0.25, 0.3) is 0 Å². The molecule has 1 atom stereocenters. The van der Waals surface area contributed by atoms with E-state index in [-0.39, 0.29) is 24.0 Å². The maximum atomic E-state index is 12.3. The Kier molecular flexibility index (Phi) is 6.36. The minimum atomic E-state index is -0.152. The number of amides is 1. The van der Waals surface area contributed by atoms with E-state index in [1.807, 2.05) is 29.5 Å². The molecule has 0 aliphatic heterocycles. The predicted octanol–water partition coefficient (Wildman–Crippen LogP) is 4.33. The Morgan fingerprint density at radius 1 is 1.33 bits per heavy atom. The molecule has 0 saturated carbocycles. The maximum absolute atomic E-state index is 12.3. The summed E-state index contributed by atoms with van der Waals surface area (Å²) in [4.78, 5) is 19.8. The normalized spacial score (nSPS) is 12.8. The van der Waals surface area contributed by atoms with Gasteiger partial charge in [0.2, 0.25) is 16.0 Å². The first-order chi connectivity index (χ1) is 14.1. The van der Waals surface area contributed by atoms with Gasteiger partial charge < -0.3 is 15.5 Å². The van der Waals surface area contributed by atoms with E-state index in [4.69, 9.17) is 10.1 Å². The van der Waals surface area contributed by atoms with Gasteiger partial charge in [-0.2, -0.15) is 4.52 Å². The maximum Gasteiger partial charge on any atom is 0.239 e. The van der Waals surface area contributed by atoms with Crippen molar-refractivity contribution in [3.63, 3.8) is 0 Å². The van der Waals surface area contributed by atoms with E-state index in [1.165, 1.54) is 16.9 Å². The fourth-order valence-electron chi connectivity index (χ4n) is 3.06. The Bertz CT molecular complexity index is 1030. The molecule has 8 heteroatoms. The van der Waals surface area contributed by atoms with Crippen LogP contribution in [0.25, 0.3) is 16.2 Å². The molecule has 1 amide bonds. The molecule has 0 aliphatic carbocycles. The van der Waals surface area contributed by atoms with Crippen molar-refractivity contribution >= 4 is 33.2 Å². The molecule has 0 unspecified atom stereocenters. The second-order valence-corrected chi connectivity index (χ2v) is 9.80. The van der Waals surface area contributed by atoms with Crippen LogP contribution in [0.15, 0.2) is 24.3 Å². The van der Waals surface area contributed by atoms with E-state index in [0.29, 0.717) is 0 Å². The van der Waals surface area contributed by atoms with Crippen molar-refractivity contribution in [2.45, 2.75) is 59.5 Å². The number of likely N-dealkylation sites (N-methyl/N-ethyl adjacent to an activating group) is 1. The third-order valence-corrected chi connectivity index (χ3v) is 5.73. The van der Waals surface area contributed by atoms with E-state index in [9.17, 15) is 4.79 Å². The molecule has 7 nitrogen and oxygen atoms in total. The van der Waals surface area contributed by atoms with Crippen LogP contribution < -0.4 is 15.5 Å². The quantitative estimate of drug-likeness (QED) is 0.586. The first kappa shape index (κ1) is 22.1. The van der Waals surface area contributed by atoms with E-state index in [2.05, 4.69) is 63.5 Å². The first-order valence-electron chi connectivity index (χ1n) is 10.3. The lowest BCUT2D eigenvalue weighted by atomic mass is 10.1. The molecular weight excluding hydrogens is 396 g/mol. The number of carbonyl (C=O) groups is 1. The number of fused-ring (bicyclic) bond motifs is 1. The number of nitrogens with zero attached hydrogens (tertiary/aromatic N) is 4. The Balaban J connectivity index is 1.95. The fraction of sp³-hybridized carbons (Fsp3) is 0.500. The van der Waals surface area contributed by atoms with Gasteiger partial charge in [-0.05, 0) is 47.1 Å². The molecule has 3 aromatic rings. The standard InChI is InChI=1S/C22H32N6OS/c1-8-15(3)23-17(29)13-27(7)21-26-28-19(25-22(4,5)6)18(24-20(28)30-21)16-11-9-10-14(2)12-16/h9-12,15,25H,8,13H2,1-7H3,(H,23,29)/t15-/m1/s1. The Hall–Kier alpha value is -2.61. The van der Waals surface area contributed by atoms with Gasteiger partial charge in [0.05, 0.1) is 6.54 Å². The molecule has 0 radical (unpaired) electrons.